The number of benzene rings is 1. The maximum atomic E-state index is 12.8. The smallest absolute Gasteiger partial charge is 0.247 e. The molecule has 26 heavy (non-hydrogen) atoms. The van der Waals surface area contributed by atoms with E-state index in [1.54, 1.807) is 0 Å². The van der Waals surface area contributed by atoms with Gasteiger partial charge in [-0.3, -0.25) is 9.59 Å². The van der Waals surface area contributed by atoms with E-state index < -0.39 is 6.04 Å². The first-order valence-corrected chi connectivity index (χ1v) is 10.1. The van der Waals surface area contributed by atoms with Gasteiger partial charge in [-0.05, 0) is 67.7 Å². The largest absolute Gasteiger partial charge is 0.358 e. The summed E-state index contributed by atoms with van der Waals surface area (Å²) in [6, 6.07) is 5.66. The second-order valence-electron chi connectivity index (χ2n) is 7.42. The molecule has 2 atom stereocenters. The number of anilines is 1. The molecule has 0 unspecified atom stereocenters. The zero-order valence-electron chi connectivity index (χ0n) is 16.3. The van der Waals surface area contributed by atoms with Crippen LogP contribution >= 0.6 is 0 Å². The number of hydrogen-bond acceptors (Lipinski definition) is 2. The number of carbonyl (C=O) groups is 2. The van der Waals surface area contributed by atoms with E-state index in [0.717, 1.165) is 50.8 Å². The van der Waals surface area contributed by atoms with E-state index in [-0.39, 0.29) is 17.7 Å². The fourth-order valence-electron chi connectivity index (χ4n) is 3.46. The molecule has 0 heterocycles. The summed E-state index contributed by atoms with van der Waals surface area (Å²) in [7, 11) is 0. The average Bonchev–Trinajstić information content (AvgIpc) is 3.10. The Morgan fingerprint density at radius 3 is 2.65 bits per heavy atom. The molecule has 5 heteroatoms. The molecule has 0 spiro atoms. The minimum atomic E-state index is -0.492. The van der Waals surface area contributed by atoms with Gasteiger partial charge in [0.2, 0.25) is 11.8 Å². The molecule has 0 saturated heterocycles. The van der Waals surface area contributed by atoms with Crippen LogP contribution in [0.1, 0.15) is 63.5 Å². The van der Waals surface area contributed by atoms with Crippen molar-refractivity contribution in [1.82, 2.24) is 5.32 Å². The zero-order chi connectivity index (χ0) is 18.9. The number of nitrogens with one attached hydrogen (secondary N) is 2. The van der Waals surface area contributed by atoms with Gasteiger partial charge in [0.05, 0.1) is 6.54 Å². The Kier molecular flexibility index (Phi) is 8.10. The summed E-state index contributed by atoms with van der Waals surface area (Å²) in [5.74, 6) is -0.0694. The van der Waals surface area contributed by atoms with Gasteiger partial charge >= 0.3 is 0 Å². The van der Waals surface area contributed by atoms with Crippen LogP contribution in [0.5, 0.6) is 0 Å². The maximum absolute atomic E-state index is 12.8. The van der Waals surface area contributed by atoms with Crippen LogP contribution in [0.25, 0.3) is 0 Å². The van der Waals surface area contributed by atoms with E-state index >= 15 is 0 Å². The van der Waals surface area contributed by atoms with Gasteiger partial charge in [-0.1, -0.05) is 26.3 Å². The standard InChI is InChI=1S/C21H33N3O2/c1-3-15(2)20(24-19(25)10-5-4-6-13-22)21(26)23-18-12-11-16-8-7-9-17(16)14-18/h11-12,14-15,20H,3-10,13,22H2,1-2H3,(H,23,26)(H,24,25)/p+1/t15-,20-/m0/s1. The van der Waals surface area contributed by atoms with E-state index in [0.29, 0.717) is 6.42 Å². The third-order valence-electron chi connectivity index (χ3n) is 5.33. The molecular formula is C21H34N3O2+. The van der Waals surface area contributed by atoms with Crippen LogP contribution < -0.4 is 16.4 Å². The van der Waals surface area contributed by atoms with Crippen molar-refractivity contribution in [3.8, 4) is 0 Å². The minimum absolute atomic E-state index is 0.0385. The second-order valence-corrected chi connectivity index (χ2v) is 7.42. The van der Waals surface area contributed by atoms with Crippen molar-refractivity contribution >= 4 is 17.5 Å². The number of unbranched alkanes of at least 4 members (excludes halogenated alkanes) is 2. The molecule has 144 valence electrons. The molecule has 5 N–H and O–H groups in total. The fraction of sp³-hybridized carbons (Fsp3) is 0.619. The predicted octanol–water partition coefficient (Wildman–Crippen LogP) is 2.45. The Bertz CT molecular complexity index is 615. The third-order valence-corrected chi connectivity index (χ3v) is 5.33. The number of amides is 2. The molecule has 1 aromatic rings. The highest BCUT2D eigenvalue weighted by atomic mass is 16.2. The van der Waals surface area contributed by atoms with E-state index in [4.69, 9.17) is 0 Å². The van der Waals surface area contributed by atoms with Crippen LogP contribution in [0.2, 0.25) is 0 Å². The first-order chi connectivity index (χ1) is 12.5. The summed E-state index contributed by atoms with van der Waals surface area (Å²) in [5, 5.41) is 5.96. The summed E-state index contributed by atoms with van der Waals surface area (Å²) in [4.78, 5) is 25.0. The van der Waals surface area contributed by atoms with Crippen LogP contribution in [0.4, 0.5) is 5.69 Å². The first kappa shape index (κ1) is 20.4. The molecule has 0 radical (unpaired) electrons. The van der Waals surface area contributed by atoms with Gasteiger partial charge in [0.1, 0.15) is 6.04 Å². The lowest BCUT2D eigenvalue weighted by molar-refractivity contribution is -0.368. The van der Waals surface area contributed by atoms with Crippen LogP contribution in [0.15, 0.2) is 18.2 Å². The predicted molar refractivity (Wildman–Crippen MR) is 105 cm³/mol. The number of fused-ring (bicyclic) bond motifs is 1. The highest BCUT2D eigenvalue weighted by Gasteiger charge is 2.26. The molecule has 0 fully saturated rings. The molecule has 2 amide bonds. The number of quaternary nitrogens is 1. The van der Waals surface area contributed by atoms with Gasteiger partial charge in [-0.15, -0.1) is 0 Å². The molecule has 5 nitrogen and oxygen atoms in total. The van der Waals surface area contributed by atoms with E-state index in [1.807, 2.05) is 19.9 Å². The first-order valence-electron chi connectivity index (χ1n) is 10.1. The van der Waals surface area contributed by atoms with Gasteiger partial charge in [0.25, 0.3) is 0 Å². The quantitative estimate of drug-likeness (QED) is 0.560. The van der Waals surface area contributed by atoms with E-state index in [9.17, 15) is 9.59 Å². The molecule has 2 rings (SSSR count). The zero-order valence-corrected chi connectivity index (χ0v) is 16.3. The average molecular weight is 361 g/mol. The van der Waals surface area contributed by atoms with Crippen molar-refractivity contribution in [3.05, 3.63) is 29.3 Å². The summed E-state index contributed by atoms with van der Waals surface area (Å²) < 4.78 is 0. The molecule has 1 aromatic carbocycles. The van der Waals surface area contributed by atoms with Crippen LogP contribution in [0.3, 0.4) is 0 Å². The molecule has 0 bridgehead atoms. The molecular weight excluding hydrogens is 326 g/mol. The van der Waals surface area contributed by atoms with E-state index in [2.05, 4.69) is 28.5 Å². The number of carbonyl (C=O) groups excluding carboxylic acids is 2. The lowest BCUT2D eigenvalue weighted by atomic mass is 9.97. The Morgan fingerprint density at radius 1 is 1.15 bits per heavy atom. The second kappa shape index (κ2) is 10.3. The lowest BCUT2D eigenvalue weighted by Gasteiger charge is -2.23. The number of hydrogen-bond donors (Lipinski definition) is 3. The van der Waals surface area contributed by atoms with Gasteiger partial charge in [-0.25, -0.2) is 0 Å². The van der Waals surface area contributed by atoms with Crippen LogP contribution in [-0.4, -0.2) is 24.4 Å². The van der Waals surface area contributed by atoms with E-state index in [1.165, 1.54) is 17.5 Å². The van der Waals surface area contributed by atoms with Crippen molar-refractivity contribution in [2.24, 2.45) is 5.92 Å². The summed E-state index contributed by atoms with van der Waals surface area (Å²) in [5.41, 5.74) is 7.36. The van der Waals surface area contributed by atoms with Crippen molar-refractivity contribution in [2.75, 3.05) is 11.9 Å². The number of rotatable bonds is 10. The maximum Gasteiger partial charge on any atom is 0.247 e. The lowest BCUT2D eigenvalue weighted by Crippen LogP contribution is -2.50. The highest BCUT2D eigenvalue weighted by Crippen LogP contribution is 2.25. The van der Waals surface area contributed by atoms with Gasteiger partial charge < -0.3 is 16.4 Å². The molecule has 0 aliphatic heterocycles. The molecule has 0 aromatic heterocycles. The molecule has 1 aliphatic rings. The number of aryl methyl sites for hydroxylation is 2. The normalized spacial score (nSPS) is 15.2. The van der Waals surface area contributed by atoms with Gasteiger partial charge in [-0.2, -0.15) is 0 Å². The topological polar surface area (TPSA) is 85.8 Å². The Morgan fingerprint density at radius 2 is 1.92 bits per heavy atom. The SMILES string of the molecule is CC[C@H](C)[C@H](NC(=O)CCCCC[NH3+])C(=O)Nc1ccc2c(c1)CCC2. The van der Waals surface area contributed by atoms with Crippen molar-refractivity contribution in [2.45, 2.75) is 71.3 Å². The van der Waals surface area contributed by atoms with Gasteiger partial charge in [0, 0.05) is 12.1 Å². The molecule has 0 saturated carbocycles. The van der Waals surface area contributed by atoms with Crippen LogP contribution in [-0.2, 0) is 22.4 Å². The third kappa shape index (κ3) is 5.84. The van der Waals surface area contributed by atoms with Crippen molar-refractivity contribution in [1.29, 1.82) is 0 Å². The Hall–Kier alpha value is -1.88. The molecule has 1 aliphatic carbocycles. The van der Waals surface area contributed by atoms with Crippen LogP contribution in [0, 0.1) is 5.92 Å². The van der Waals surface area contributed by atoms with Crippen molar-refractivity contribution in [3.63, 3.8) is 0 Å². The Balaban J connectivity index is 1.94. The van der Waals surface area contributed by atoms with Gasteiger partial charge in [0.15, 0.2) is 0 Å². The highest BCUT2D eigenvalue weighted by molar-refractivity contribution is 5.97. The fourth-order valence-corrected chi connectivity index (χ4v) is 3.46. The monoisotopic (exact) mass is 360 g/mol. The Labute approximate surface area is 157 Å². The minimum Gasteiger partial charge on any atom is -0.358 e. The summed E-state index contributed by atoms with van der Waals surface area (Å²) >= 11 is 0. The van der Waals surface area contributed by atoms with Crippen molar-refractivity contribution < 1.29 is 15.3 Å². The summed E-state index contributed by atoms with van der Waals surface area (Å²) in [6.07, 6.45) is 7.60. The summed E-state index contributed by atoms with van der Waals surface area (Å²) in [6.45, 7) is 4.96.